The fourth-order valence-electron chi connectivity index (χ4n) is 2.47. The molecule has 0 aliphatic carbocycles. The Kier molecular flexibility index (Phi) is 6.43. The first-order valence-corrected chi connectivity index (χ1v) is 11.3. The Bertz CT molecular complexity index is 576. The van der Waals surface area contributed by atoms with Gasteiger partial charge >= 0.3 is 8.56 Å². The average molecular weight is 329 g/mol. The van der Waals surface area contributed by atoms with Gasteiger partial charge in [0.15, 0.2) is 0 Å². The first kappa shape index (κ1) is 17.8. The summed E-state index contributed by atoms with van der Waals surface area (Å²) >= 11 is 0. The zero-order valence-corrected chi connectivity index (χ0v) is 15.7. The Labute approximate surface area is 141 Å². The minimum absolute atomic E-state index is 0.731. The van der Waals surface area contributed by atoms with Crippen LogP contribution in [0.5, 0.6) is 5.75 Å². The second-order valence-corrected chi connectivity index (χ2v) is 10.1. The van der Waals surface area contributed by atoms with Crippen molar-refractivity contribution in [2.45, 2.75) is 39.8 Å². The molecule has 0 aliphatic rings. The van der Waals surface area contributed by atoms with Gasteiger partial charge in [0, 0.05) is 6.61 Å². The number of rotatable bonds is 8. The Morgan fingerprint density at radius 3 is 2.09 bits per heavy atom. The topological polar surface area (TPSA) is 18.5 Å². The van der Waals surface area contributed by atoms with E-state index >= 15 is 0 Å². The van der Waals surface area contributed by atoms with Crippen LogP contribution in [0.3, 0.4) is 0 Å². The van der Waals surface area contributed by atoms with Crippen LogP contribution >= 0.6 is 0 Å². The maximum atomic E-state index is 6.12. The van der Waals surface area contributed by atoms with E-state index in [-0.39, 0.29) is 0 Å². The van der Waals surface area contributed by atoms with Crippen molar-refractivity contribution in [3.63, 3.8) is 0 Å². The lowest BCUT2D eigenvalue weighted by Gasteiger charge is -2.24. The molecular weight excluding hydrogens is 300 g/mol. The third kappa shape index (κ3) is 6.20. The lowest BCUT2D eigenvalue weighted by Crippen LogP contribution is -2.38. The molecule has 0 N–H and O–H groups in total. The van der Waals surface area contributed by atoms with Gasteiger partial charge < -0.3 is 8.85 Å². The summed E-state index contributed by atoms with van der Waals surface area (Å²) < 4.78 is 12.1. The van der Waals surface area contributed by atoms with Crippen LogP contribution in [0.2, 0.25) is 13.1 Å². The summed E-state index contributed by atoms with van der Waals surface area (Å²) in [5.41, 5.74) is 2.43. The van der Waals surface area contributed by atoms with Gasteiger partial charge in [-0.3, -0.25) is 0 Å². The van der Waals surface area contributed by atoms with E-state index in [9.17, 15) is 0 Å². The van der Waals surface area contributed by atoms with Crippen molar-refractivity contribution in [1.29, 1.82) is 0 Å². The van der Waals surface area contributed by atoms with E-state index in [0.717, 1.165) is 24.7 Å². The predicted molar refractivity (Wildman–Crippen MR) is 100 cm³/mol. The predicted octanol–water partition coefficient (Wildman–Crippen LogP) is 5.89. The molecule has 0 spiro atoms. The highest BCUT2D eigenvalue weighted by molar-refractivity contribution is 6.65. The quantitative estimate of drug-likeness (QED) is 0.444. The van der Waals surface area contributed by atoms with Crippen molar-refractivity contribution >= 4 is 8.56 Å². The molecule has 0 heterocycles. The van der Waals surface area contributed by atoms with E-state index < -0.39 is 8.56 Å². The van der Waals surface area contributed by atoms with Crippen LogP contribution in [0.15, 0.2) is 54.6 Å². The smallest absolute Gasteiger partial charge is 0.392 e. The van der Waals surface area contributed by atoms with E-state index in [2.05, 4.69) is 63.3 Å². The summed E-state index contributed by atoms with van der Waals surface area (Å²) in [5.74, 6) is 1.63. The van der Waals surface area contributed by atoms with Crippen LogP contribution in [0.1, 0.15) is 26.7 Å². The highest BCUT2D eigenvalue weighted by Gasteiger charge is 2.26. The molecule has 0 amide bonds. The number of hydrogen-bond donors (Lipinski definition) is 0. The second kappa shape index (κ2) is 8.32. The van der Waals surface area contributed by atoms with Gasteiger partial charge in [-0.15, -0.1) is 0 Å². The molecule has 0 saturated carbocycles. The average Bonchev–Trinajstić information content (AvgIpc) is 2.53. The molecule has 2 aromatic rings. The first-order valence-electron chi connectivity index (χ1n) is 8.45. The molecule has 0 atom stereocenters. The summed E-state index contributed by atoms with van der Waals surface area (Å²) in [5, 5.41) is 0. The van der Waals surface area contributed by atoms with Crippen LogP contribution in [-0.2, 0) is 4.43 Å². The van der Waals surface area contributed by atoms with E-state index in [1.54, 1.807) is 0 Å². The molecule has 0 bridgehead atoms. The van der Waals surface area contributed by atoms with Crippen molar-refractivity contribution in [1.82, 2.24) is 0 Å². The summed E-state index contributed by atoms with van der Waals surface area (Å²) in [7, 11) is -2.11. The molecule has 0 aliphatic heterocycles. The standard InChI is InChI=1S/C20H28O2Si/c1-17(2)9-8-16-21-23(3,4)22-20-14-12-19(13-15-20)18-10-6-5-7-11-18/h5-7,10-15,17H,8-9,16H2,1-4H3. The number of hydrogen-bond acceptors (Lipinski definition) is 2. The first-order chi connectivity index (χ1) is 11.0. The molecule has 0 aromatic heterocycles. The molecule has 2 nitrogen and oxygen atoms in total. The van der Waals surface area contributed by atoms with Crippen molar-refractivity contribution in [2.75, 3.05) is 6.61 Å². The summed E-state index contributed by atoms with van der Waals surface area (Å²) in [6.45, 7) is 9.49. The minimum Gasteiger partial charge on any atom is -0.520 e. The largest absolute Gasteiger partial charge is 0.520 e. The molecule has 23 heavy (non-hydrogen) atoms. The van der Waals surface area contributed by atoms with Gasteiger partial charge in [0.1, 0.15) is 5.75 Å². The van der Waals surface area contributed by atoms with Gasteiger partial charge in [-0.2, -0.15) is 0 Å². The molecule has 0 radical (unpaired) electrons. The van der Waals surface area contributed by atoms with Crippen LogP contribution in [0.25, 0.3) is 11.1 Å². The van der Waals surface area contributed by atoms with Crippen molar-refractivity contribution < 1.29 is 8.85 Å². The van der Waals surface area contributed by atoms with Gasteiger partial charge in [0.25, 0.3) is 0 Å². The monoisotopic (exact) mass is 328 g/mol. The van der Waals surface area contributed by atoms with E-state index in [0.29, 0.717) is 0 Å². The normalized spacial score (nSPS) is 11.7. The molecule has 0 fully saturated rings. The lowest BCUT2D eigenvalue weighted by molar-refractivity contribution is 0.237. The molecule has 2 rings (SSSR count). The zero-order valence-electron chi connectivity index (χ0n) is 14.7. The zero-order chi connectivity index (χ0) is 16.7. The van der Waals surface area contributed by atoms with Crippen molar-refractivity contribution in [3.05, 3.63) is 54.6 Å². The fourth-order valence-corrected chi connectivity index (χ4v) is 3.87. The number of benzene rings is 2. The SMILES string of the molecule is CC(C)CCCO[Si](C)(C)Oc1ccc(-c2ccccc2)cc1. The molecular formula is C20H28O2Si. The Morgan fingerprint density at radius 1 is 0.870 bits per heavy atom. The third-order valence-corrected chi connectivity index (χ3v) is 5.33. The molecule has 0 unspecified atom stereocenters. The van der Waals surface area contributed by atoms with E-state index in [4.69, 9.17) is 8.85 Å². The van der Waals surface area contributed by atoms with E-state index in [1.165, 1.54) is 17.5 Å². The van der Waals surface area contributed by atoms with Gasteiger partial charge in [-0.05, 0) is 55.1 Å². The van der Waals surface area contributed by atoms with Gasteiger partial charge in [-0.25, -0.2) is 0 Å². The van der Waals surface area contributed by atoms with Gasteiger partial charge in [-0.1, -0.05) is 56.3 Å². The highest BCUT2D eigenvalue weighted by Crippen LogP contribution is 2.24. The molecule has 0 saturated heterocycles. The summed E-state index contributed by atoms with van der Waals surface area (Å²) in [4.78, 5) is 0. The van der Waals surface area contributed by atoms with Crippen LogP contribution in [0, 0.1) is 5.92 Å². The van der Waals surface area contributed by atoms with Crippen LogP contribution < -0.4 is 4.43 Å². The Balaban J connectivity index is 1.89. The molecule has 2 aromatic carbocycles. The third-order valence-electron chi connectivity index (χ3n) is 3.70. The van der Waals surface area contributed by atoms with Crippen molar-refractivity contribution in [3.8, 4) is 16.9 Å². The van der Waals surface area contributed by atoms with E-state index in [1.807, 2.05) is 18.2 Å². The second-order valence-electron chi connectivity index (χ2n) is 6.78. The Morgan fingerprint density at radius 2 is 1.48 bits per heavy atom. The van der Waals surface area contributed by atoms with Gasteiger partial charge in [0.05, 0.1) is 0 Å². The lowest BCUT2D eigenvalue weighted by atomic mass is 10.1. The maximum absolute atomic E-state index is 6.12. The summed E-state index contributed by atoms with van der Waals surface area (Å²) in [6, 6.07) is 18.7. The van der Waals surface area contributed by atoms with Crippen LogP contribution in [-0.4, -0.2) is 15.2 Å². The Hall–Kier alpha value is -1.58. The van der Waals surface area contributed by atoms with Crippen LogP contribution in [0.4, 0.5) is 0 Å². The maximum Gasteiger partial charge on any atom is 0.392 e. The molecule has 124 valence electrons. The molecule has 3 heteroatoms. The minimum atomic E-state index is -2.11. The van der Waals surface area contributed by atoms with Crippen molar-refractivity contribution in [2.24, 2.45) is 5.92 Å². The highest BCUT2D eigenvalue weighted by atomic mass is 28.4. The fraction of sp³-hybridized carbons (Fsp3) is 0.400. The summed E-state index contributed by atoms with van der Waals surface area (Å²) in [6.07, 6.45) is 2.31. The van der Waals surface area contributed by atoms with Gasteiger partial charge in [0.2, 0.25) is 0 Å².